The van der Waals surface area contributed by atoms with Crippen LogP contribution in [0.1, 0.15) is 75.6 Å². The molecule has 0 fully saturated rings. The van der Waals surface area contributed by atoms with Gasteiger partial charge in [0.15, 0.2) is 0 Å². The highest BCUT2D eigenvalue weighted by Crippen LogP contribution is 2.41. The minimum Gasteiger partial charge on any atom is -0.444 e. The van der Waals surface area contributed by atoms with Crippen LogP contribution in [0.15, 0.2) is 0 Å². The molecular weight excluding hydrogens is 270 g/mol. The van der Waals surface area contributed by atoms with Crippen molar-refractivity contribution in [2.24, 2.45) is 0 Å². The highest BCUT2D eigenvalue weighted by molar-refractivity contribution is 7.13. The molecule has 0 bridgehead atoms. The Bertz CT molecular complexity index is 481. The van der Waals surface area contributed by atoms with Crippen molar-refractivity contribution in [2.45, 2.75) is 72.8 Å². The molecule has 0 unspecified atom stereocenters. The lowest BCUT2D eigenvalue weighted by molar-refractivity contribution is 0.0635. The summed E-state index contributed by atoms with van der Waals surface area (Å²) < 4.78 is 5.36. The van der Waals surface area contributed by atoms with Gasteiger partial charge >= 0.3 is 6.09 Å². The zero-order valence-corrected chi connectivity index (χ0v) is 14.7. The van der Waals surface area contributed by atoms with E-state index in [0.29, 0.717) is 11.8 Å². The van der Waals surface area contributed by atoms with Gasteiger partial charge in [0.05, 0.1) is 5.69 Å². The topological polar surface area (TPSA) is 38.3 Å². The Morgan fingerprint density at radius 1 is 1.10 bits per heavy atom. The van der Waals surface area contributed by atoms with Crippen molar-refractivity contribution in [1.29, 1.82) is 0 Å². The molecule has 1 aromatic heterocycles. The number of carbonyl (C=O) groups excluding carboxylic acids is 1. The molecule has 1 aromatic rings. The van der Waals surface area contributed by atoms with Gasteiger partial charge in [-0.15, -0.1) is 11.3 Å². The monoisotopic (exact) mass is 297 g/mol. The molecule has 1 heterocycles. The summed E-state index contributed by atoms with van der Waals surface area (Å²) in [5.74, 6) is 0.850. The molecule has 0 aliphatic rings. The molecule has 0 aromatic carbocycles. The van der Waals surface area contributed by atoms with E-state index in [1.807, 2.05) is 20.8 Å². The largest absolute Gasteiger partial charge is 0.444 e. The molecule has 0 atom stereocenters. The van der Waals surface area contributed by atoms with E-state index >= 15 is 0 Å². The highest BCUT2D eigenvalue weighted by atomic mass is 32.1. The van der Waals surface area contributed by atoms with Crippen molar-refractivity contribution >= 4 is 23.1 Å². The summed E-state index contributed by atoms with van der Waals surface area (Å²) in [6.07, 6.45) is -0.379. The molecule has 0 aliphatic heterocycles. The quantitative estimate of drug-likeness (QED) is 0.782. The minimum absolute atomic E-state index is 0.379. The maximum atomic E-state index is 12.0. The van der Waals surface area contributed by atoms with Crippen LogP contribution in [0.3, 0.4) is 0 Å². The highest BCUT2D eigenvalue weighted by Gasteiger charge is 2.23. The second kappa shape index (κ2) is 6.17. The van der Waals surface area contributed by atoms with Crippen LogP contribution >= 0.6 is 11.3 Å². The third-order valence-corrected chi connectivity index (χ3v) is 4.78. The number of hydrogen-bond acceptors (Lipinski definition) is 3. The zero-order chi connectivity index (χ0) is 15.7. The van der Waals surface area contributed by atoms with Crippen molar-refractivity contribution < 1.29 is 9.53 Å². The summed E-state index contributed by atoms with van der Waals surface area (Å²) in [4.78, 5) is 14.6. The molecule has 0 saturated carbocycles. The van der Waals surface area contributed by atoms with E-state index < -0.39 is 5.60 Å². The molecule has 0 saturated heterocycles. The van der Waals surface area contributed by atoms with Crippen molar-refractivity contribution in [2.75, 3.05) is 5.32 Å². The smallest absolute Gasteiger partial charge is 0.412 e. The molecule has 0 radical (unpaired) electrons. The van der Waals surface area contributed by atoms with Crippen molar-refractivity contribution in [3.05, 3.63) is 15.3 Å². The van der Waals surface area contributed by atoms with E-state index in [9.17, 15) is 4.79 Å². The Kier molecular flexibility index (Phi) is 5.25. The normalized spacial score (nSPS) is 12.1. The molecule has 1 amide bonds. The first kappa shape index (κ1) is 17.0. The lowest BCUT2D eigenvalue weighted by atomic mass is 10.0. The number of nitrogens with one attached hydrogen (secondary N) is 1. The Morgan fingerprint density at radius 2 is 1.60 bits per heavy atom. The van der Waals surface area contributed by atoms with Gasteiger partial charge in [-0.05, 0) is 45.1 Å². The van der Waals surface area contributed by atoms with Crippen LogP contribution in [0.2, 0.25) is 0 Å². The number of amides is 1. The second-order valence-electron chi connectivity index (χ2n) is 6.77. The third-order valence-electron chi connectivity index (χ3n) is 2.89. The number of carbonyl (C=O) groups is 1. The van der Waals surface area contributed by atoms with Gasteiger partial charge in [-0.2, -0.15) is 0 Å². The Labute approximate surface area is 126 Å². The summed E-state index contributed by atoms with van der Waals surface area (Å²) in [5, 5.41) is 2.94. The average Bonchev–Trinajstić information content (AvgIpc) is 2.54. The number of ether oxygens (including phenoxy) is 1. The zero-order valence-electron chi connectivity index (χ0n) is 13.9. The molecule has 114 valence electrons. The molecule has 3 nitrogen and oxygen atoms in total. The molecule has 1 rings (SSSR count). The molecule has 0 spiro atoms. The fourth-order valence-electron chi connectivity index (χ4n) is 2.07. The van der Waals surface area contributed by atoms with Gasteiger partial charge in [-0.25, -0.2) is 4.79 Å². The second-order valence-corrected chi connectivity index (χ2v) is 7.85. The molecule has 1 N–H and O–H groups in total. The van der Waals surface area contributed by atoms with Crippen LogP contribution < -0.4 is 5.32 Å². The van der Waals surface area contributed by atoms with E-state index in [1.54, 1.807) is 11.3 Å². The number of anilines is 1. The SMILES string of the molecule is Cc1c(C(C)C)sc(C(C)C)c1NC(=O)OC(C)(C)C. The van der Waals surface area contributed by atoms with Crippen LogP contribution in [-0.2, 0) is 4.74 Å². The van der Waals surface area contributed by atoms with Crippen LogP contribution in [0, 0.1) is 6.92 Å². The summed E-state index contributed by atoms with van der Waals surface area (Å²) in [5.41, 5.74) is 1.62. The van der Waals surface area contributed by atoms with Crippen molar-refractivity contribution in [3.8, 4) is 0 Å². The lowest BCUT2D eigenvalue weighted by Crippen LogP contribution is -2.27. The maximum Gasteiger partial charge on any atom is 0.412 e. The van der Waals surface area contributed by atoms with Gasteiger partial charge in [0, 0.05) is 9.75 Å². The Balaban J connectivity index is 3.07. The Morgan fingerprint density at radius 3 is 2.00 bits per heavy atom. The average molecular weight is 297 g/mol. The fraction of sp³-hybridized carbons (Fsp3) is 0.688. The number of rotatable bonds is 3. The lowest BCUT2D eigenvalue weighted by Gasteiger charge is -2.20. The van der Waals surface area contributed by atoms with Crippen LogP contribution in [0.4, 0.5) is 10.5 Å². The summed E-state index contributed by atoms with van der Waals surface area (Å²) in [6.45, 7) is 16.3. The third kappa shape index (κ3) is 4.23. The van der Waals surface area contributed by atoms with E-state index in [0.717, 1.165) is 5.69 Å². The minimum atomic E-state index is -0.479. The van der Waals surface area contributed by atoms with E-state index in [-0.39, 0.29) is 6.09 Å². The molecular formula is C16H27NO2S. The molecule has 20 heavy (non-hydrogen) atoms. The predicted molar refractivity (Wildman–Crippen MR) is 87.1 cm³/mol. The van der Waals surface area contributed by atoms with Crippen LogP contribution in [0.5, 0.6) is 0 Å². The van der Waals surface area contributed by atoms with E-state index in [4.69, 9.17) is 4.74 Å². The van der Waals surface area contributed by atoms with Crippen molar-refractivity contribution in [1.82, 2.24) is 0 Å². The van der Waals surface area contributed by atoms with E-state index in [1.165, 1.54) is 15.3 Å². The molecule has 0 aliphatic carbocycles. The number of hydrogen-bond donors (Lipinski definition) is 1. The first-order chi connectivity index (χ1) is 9.03. The Hall–Kier alpha value is -1.03. The first-order valence-corrected chi connectivity index (χ1v) is 7.97. The van der Waals surface area contributed by atoms with Crippen molar-refractivity contribution in [3.63, 3.8) is 0 Å². The summed E-state index contributed by atoms with van der Waals surface area (Å²) >= 11 is 1.79. The van der Waals surface area contributed by atoms with Gasteiger partial charge in [0.1, 0.15) is 5.60 Å². The molecule has 4 heteroatoms. The number of thiophene rings is 1. The predicted octanol–water partition coefficient (Wildman–Crippen LogP) is 5.65. The fourth-order valence-corrected chi connectivity index (χ4v) is 3.34. The maximum absolute atomic E-state index is 12.0. The standard InChI is InChI=1S/C16H27NO2S/c1-9(2)13-11(5)12(14(20-13)10(3)4)17-15(18)19-16(6,7)8/h9-10H,1-8H3,(H,17,18). The first-order valence-electron chi connectivity index (χ1n) is 7.16. The van der Waals surface area contributed by atoms with E-state index in [2.05, 4.69) is 39.9 Å². The summed E-state index contributed by atoms with van der Waals surface area (Å²) in [6, 6.07) is 0. The van der Waals surface area contributed by atoms with Crippen LogP contribution in [-0.4, -0.2) is 11.7 Å². The van der Waals surface area contributed by atoms with Gasteiger partial charge in [0.25, 0.3) is 0 Å². The van der Waals surface area contributed by atoms with Gasteiger partial charge in [-0.3, -0.25) is 5.32 Å². The van der Waals surface area contributed by atoms with Gasteiger partial charge < -0.3 is 4.74 Å². The van der Waals surface area contributed by atoms with Gasteiger partial charge in [-0.1, -0.05) is 27.7 Å². The summed E-state index contributed by atoms with van der Waals surface area (Å²) in [7, 11) is 0. The van der Waals surface area contributed by atoms with Crippen LogP contribution in [0.25, 0.3) is 0 Å². The van der Waals surface area contributed by atoms with Gasteiger partial charge in [0.2, 0.25) is 0 Å².